The summed E-state index contributed by atoms with van der Waals surface area (Å²) in [6, 6.07) is 12.4. The van der Waals surface area contributed by atoms with Gasteiger partial charge in [-0.15, -0.1) is 0 Å². The highest BCUT2D eigenvalue weighted by molar-refractivity contribution is 6.10. The standard InChI is InChI=1S/C20H22O6/c1-11-5-3-4-6-14(11)17(22)13-7-8-16(12(2)9-13)26-20-19(24)18(23)15(21)10-25-20/h3-9,15,18-21,23-24H,10H2,1-2H3/t15-,18+,19-,20+/m1/s1. The summed E-state index contributed by atoms with van der Waals surface area (Å²) >= 11 is 0. The maximum Gasteiger partial charge on any atom is 0.228 e. The van der Waals surface area contributed by atoms with Crippen LogP contribution in [0, 0.1) is 13.8 Å². The van der Waals surface area contributed by atoms with Gasteiger partial charge >= 0.3 is 0 Å². The highest BCUT2D eigenvalue weighted by atomic mass is 16.7. The molecule has 1 aliphatic heterocycles. The molecule has 0 aromatic heterocycles. The Morgan fingerprint density at radius 3 is 2.46 bits per heavy atom. The summed E-state index contributed by atoms with van der Waals surface area (Å²) in [7, 11) is 0. The van der Waals surface area contributed by atoms with E-state index in [4.69, 9.17) is 9.47 Å². The molecule has 6 nitrogen and oxygen atoms in total. The fourth-order valence-corrected chi connectivity index (χ4v) is 2.91. The number of hydrogen-bond acceptors (Lipinski definition) is 6. The SMILES string of the molecule is Cc1cc(C(=O)c2ccccc2C)ccc1O[C@@H]1OC[C@@H](O)[C@H](O)[C@H]1O. The van der Waals surface area contributed by atoms with E-state index in [1.165, 1.54) is 0 Å². The molecule has 0 unspecified atom stereocenters. The molecule has 26 heavy (non-hydrogen) atoms. The molecule has 2 aromatic rings. The number of aliphatic hydroxyl groups excluding tert-OH is 3. The van der Waals surface area contributed by atoms with Crippen LogP contribution in [-0.2, 0) is 4.74 Å². The number of rotatable bonds is 4. The zero-order valence-electron chi connectivity index (χ0n) is 14.6. The monoisotopic (exact) mass is 358 g/mol. The minimum atomic E-state index is -1.37. The number of carbonyl (C=O) groups is 1. The van der Waals surface area contributed by atoms with Crippen LogP contribution in [0.4, 0.5) is 0 Å². The first-order chi connectivity index (χ1) is 12.4. The summed E-state index contributed by atoms with van der Waals surface area (Å²) in [5.74, 6) is 0.351. The zero-order valence-corrected chi connectivity index (χ0v) is 14.6. The molecule has 0 spiro atoms. The fraction of sp³-hybridized carbons (Fsp3) is 0.350. The van der Waals surface area contributed by atoms with Gasteiger partial charge in [0.25, 0.3) is 0 Å². The van der Waals surface area contributed by atoms with Crippen LogP contribution in [0.15, 0.2) is 42.5 Å². The quantitative estimate of drug-likeness (QED) is 0.714. The predicted octanol–water partition coefficient (Wildman–Crippen LogP) is 1.35. The number of benzene rings is 2. The first-order valence-electron chi connectivity index (χ1n) is 8.42. The van der Waals surface area contributed by atoms with E-state index >= 15 is 0 Å². The van der Waals surface area contributed by atoms with E-state index in [0.29, 0.717) is 22.4 Å². The van der Waals surface area contributed by atoms with Gasteiger partial charge in [-0.3, -0.25) is 4.79 Å². The van der Waals surface area contributed by atoms with Crippen molar-refractivity contribution in [2.45, 2.75) is 38.4 Å². The Bertz CT molecular complexity index is 803. The van der Waals surface area contributed by atoms with Crippen molar-refractivity contribution < 1.29 is 29.6 Å². The molecule has 1 heterocycles. The molecular weight excluding hydrogens is 336 g/mol. The van der Waals surface area contributed by atoms with E-state index in [2.05, 4.69) is 0 Å². The van der Waals surface area contributed by atoms with Gasteiger partial charge in [-0.25, -0.2) is 0 Å². The number of aryl methyl sites for hydroxylation is 2. The molecule has 6 heteroatoms. The smallest absolute Gasteiger partial charge is 0.228 e. The van der Waals surface area contributed by atoms with Gasteiger partial charge in [0.05, 0.1) is 6.61 Å². The van der Waals surface area contributed by atoms with E-state index in [1.807, 2.05) is 25.1 Å². The van der Waals surface area contributed by atoms with Crippen LogP contribution in [-0.4, -0.2) is 52.3 Å². The lowest BCUT2D eigenvalue weighted by atomic mass is 9.98. The highest BCUT2D eigenvalue weighted by Crippen LogP contribution is 2.26. The average Bonchev–Trinajstić information content (AvgIpc) is 2.63. The van der Waals surface area contributed by atoms with Gasteiger partial charge in [0.15, 0.2) is 5.78 Å². The topological polar surface area (TPSA) is 96.2 Å². The number of aliphatic hydroxyl groups is 3. The van der Waals surface area contributed by atoms with Gasteiger partial charge < -0.3 is 24.8 Å². The van der Waals surface area contributed by atoms with E-state index in [9.17, 15) is 20.1 Å². The maximum absolute atomic E-state index is 12.7. The van der Waals surface area contributed by atoms with Crippen molar-refractivity contribution in [3.05, 3.63) is 64.7 Å². The van der Waals surface area contributed by atoms with Gasteiger partial charge in [-0.2, -0.15) is 0 Å². The van der Waals surface area contributed by atoms with Gasteiger partial charge in [0, 0.05) is 11.1 Å². The van der Waals surface area contributed by atoms with Crippen LogP contribution >= 0.6 is 0 Å². The molecule has 0 bridgehead atoms. The number of ketones is 1. The van der Waals surface area contributed by atoms with E-state index < -0.39 is 24.6 Å². The largest absolute Gasteiger partial charge is 0.462 e. The third kappa shape index (κ3) is 3.64. The van der Waals surface area contributed by atoms with Crippen molar-refractivity contribution in [3.8, 4) is 5.75 Å². The van der Waals surface area contributed by atoms with Gasteiger partial charge in [0.2, 0.25) is 6.29 Å². The van der Waals surface area contributed by atoms with E-state index in [0.717, 1.165) is 5.56 Å². The summed E-state index contributed by atoms with van der Waals surface area (Å²) in [5.41, 5.74) is 2.77. The first-order valence-corrected chi connectivity index (χ1v) is 8.42. The molecule has 3 N–H and O–H groups in total. The summed E-state index contributed by atoms with van der Waals surface area (Å²) in [4.78, 5) is 12.7. The van der Waals surface area contributed by atoms with E-state index in [-0.39, 0.29) is 12.4 Å². The maximum atomic E-state index is 12.7. The molecule has 2 aromatic carbocycles. The van der Waals surface area contributed by atoms with Crippen molar-refractivity contribution in [2.24, 2.45) is 0 Å². The molecule has 1 fully saturated rings. The lowest BCUT2D eigenvalue weighted by Crippen LogP contribution is -2.54. The zero-order chi connectivity index (χ0) is 18.8. The summed E-state index contributed by atoms with van der Waals surface area (Å²) in [5, 5.41) is 29.2. The Balaban J connectivity index is 1.78. The van der Waals surface area contributed by atoms with Crippen LogP contribution in [0.3, 0.4) is 0 Å². The summed E-state index contributed by atoms with van der Waals surface area (Å²) < 4.78 is 10.9. The Hall–Kier alpha value is -2.25. The Morgan fingerprint density at radius 2 is 1.77 bits per heavy atom. The molecule has 3 rings (SSSR count). The molecule has 4 atom stereocenters. The first kappa shape index (κ1) is 18.5. The second-order valence-electron chi connectivity index (χ2n) is 6.49. The van der Waals surface area contributed by atoms with Crippen molar-refractivity contribution in [1.82, 2.24) is 0 Å². The third-order valence-electron chi connectivity index (χ3n) is 4.52. The minimum Gasteiger partial charge on any atom is -0.462 e. The molecular formula is C20H22O6. The molecule has 1 saturated heterocycles. The number of hydrogen-bond donors (Lipinski definition) is 3. The average molecular weight is 358 g/mol. The van der Waals surface area contributed by atoms with Gasteiger partial charge in [-0.05, 0) is 43.2 Å². The van der Waals surface area contributed by atoms with Crippen LogP contribution in [0.2, 0.25) is 0 Å². The second-order valence-corrected chi connectivity index (χ2v) is 6.49. The lowest BCUT2D eigenvalue weighted by Gasteiger charge is -2.35. The Labute approximate surface area is 151 Å². The highest BCUT2D eigenvalue weighted by Gasteiger charge is 2.39. The summed E-state index contributed by atoms with van der Waals surface area (Å²) in [6.45, 7) is 3.54. The molecule has 138 valence electrons. The number of ether oxygens (including phenoxy) is 2. The predicted molar refractivity (Wildman–Crippen MR) is 94.2 cm³/mol. The van der Waals surface area contributed by atoms with Crippen LogP contribution < -0.4 is 4.74 Å². The van der Waals surface area contributed by atoms with Crippen molar-refractivity contribution in [3.63, 3.8) is 0 Å². The van der Waals surface area contributed by atoms with Crippen molar-refractivity contribution in [1.29, 1.82) is 0 Å². The Morgan fingerprint density at radius 1 is 1.04 bits per heavy atom. The molecule has 0 saturated carbocycles. The normalized spacial score (nSPS) is 25.7. The molecule has 1 aliphatic rings. The molecule has 0 aliphatic carbocycles. The van der Waals surface area contributed by atoms with Crippen molar-refractivity contribution >= 4 is 5.78 Å². The lowest BCUT2D eigenvalue weighted by molar-refractivity contribution is -0.242. The number of carbonyl (C=O) groups excluding carboxylic acids is 1. The van der Waals surface area contributed by atoms with Gasteiger partial charge in [0.1, 0.15) is 24.1 Å². The molecule has 0 amide bonds. The van der Waals surface area contributed by atoms with Crippen molar-refractivity contribution in [2.75, 3.05) is 6.61 Å². The van der Waals surface area contributed by atoms with Crippen LogP contribution in [0.5, 0.6) is 5.75 Å². The second kappa shape index (κ2) is 7.55. The Kier molecular flexibility index (Phi) is 5.38. The third-order valence-corrected chi connectivity index (χ3v) is 4.52. The van der Waals surface area contributed by atoms with Gasteiger partial charge in [-0.1, -0.05) is 24.3 Å². The molecule has 0 radical (unpaired) electrons. The minimum absolute atomic E-state index is 0.0785. The summed E-state index contributed by atoms with van der Waals surface area (Å²) in [6.07, 6.45) is -4.95. The fourth-order valence-electron chi connectivity index (χ4n) is 2.91. The van der Waals surface area contributed by atoms with Crippen LogP contribution in [0.1, 0.15) is 27.0 Å². The van der Waals surface area contributed by atoms with Crippen LogP contribution in [0.25, 0.3) is 0 Å². The van der Waals surface area contributed by atoms with E-state index in [1.54, 1.807) is 31.2 Å².